The van der Waals surface area contributed by atoms with E-state index in [4.69, 9.17) is 0 Å². The summed E-state index contributed by atoms with van der Waals surface area (Å²) in [5, 5.41) is 0. The predicted octanol–water partition coefficient (Wildman–Crippen LogP) is 2.39. The van der Waals surface area contributed by atoms with Crippen LogP contribution >= 0.6 is 15.9 Å². The molecule has 1 amide bonds. The number of hydrogen-bond acceptors (Lipinski definition) is 3. The number of amides is 1. The molecule has 1 aliphatic heterocycles. The van der Waals surface area contributed by atoms with Gasteiger partial charge in [-0.15, -0.1) is 0 Å². The lowest BCUT2D eigenvalue weighted by Gasteiger charge is -2.13. The molecule has 4 nitrogen and oxygen atoms in total. The van der Waals surface area contributed by atoms with Gasteiger partial charge in [0, 0.05) is 11.0 Å². The number of halogens is 1. The van der Waals surface area contributed by atoms with Crippen molar-refractivity contribution in [2.75, 3.05) is 6.54 Å². The van der Waals surface area contributed by atoms with Crippen molar-refractivity contribution in [2.24, 2.45) is 0 Å². The largest absolute Gasteiger partial charge is 0.269 e. The van der Waals surface area contributed by atoms with Crippen LogP contribution in [0.3, 0.4) is 0 Å². The molecule has 0 spiro atoms. The Kier molecular flexibility index (Phi) is 3.27. The Morgan fingerprint density at radius 3 is 2.71 bits per heavy atom. The van der Waals surface area contributed by atoms with E-state index in [1.165, 1.54) is 6.07 Å². The summed E-state index contributed by atoms with van der Waals surface area (Å²) in [6, 6.07) is 4.70. The molecule has 0 saturated heterocycles. The molecule has 0 aliphatic carbocycles. The molecule has 1 aliphatic rings. The summed E-state index contributed by atoms with van der Waals surface area (Å²) in [6.45, 7) is 2.21. The first-order valence-electron chi connectivity index (χ1n) is 5.35. The van der Waals surface area contributed by atoms with E-state index in [9.17, 15) is 13.2 Å². The second kappa shape index (κ2) is 4.42. The number of rotatable bonds is 3. The Morgan fingerprint density at radius 2 is 2.06 bits per heavy atom. The van der Waals surface area contributed by atoms with Crippen LogP contribution in [0.5, 0.6) is 0 Å². The van der Waals surface area contributed by atoms with Gasteiger partial charge in [-0.25, -0.2) is 12.7 Å². The van der Waals surface area contributed by atoms with E-state index in [2.05, 4.69) is 15.9 Å². The van der Waals surface area contributed by atoms with E-state index in [0.717, 1.165) is 10.7 Å². The molecule has 17 heavy (non-hydrogen) atoms. The molecule has 0 unspecified atom stereocenters. The molecular formula is C11H12BrNO3S. The van der Waals surface area contributed by atoms with Crippen molar-refractivity contribution < 1.29 is 13.2 Å². The third kappa shape index (κ3) is 1.99. The zero-order valence-corrected chi connectivity index (χ0v) is 11.7. The molecule has 1 aromatic carbocycles. The number of fused-ring (bicyclic) bond motifs is 1. The predicted molar refractivity (Wildman–Crippen MR) is 67.3 cm³/mol. The van der Waals surface area contributed by atoms with E-state index >= 15 is 0 Å². The minimum Gasteiger partial charge on any atom is -0.268 e. The fraction of sp³-hybridized carbons (Fsp3) is 0.364. The number of sulfonamides is 1. The van der Waals surface area contributed by atoms with Crippen LogP contribution in [-0.4, -0.2) is 25.2 Å². The quantitative estimate of drug-likeness (QED) is 0.860. The third-order valence-corrected chi connectivity index (χ3v) is 5.00. The number of unbranched alkanes of at least 4 members (excludes halogenated alkanes) is 1. The molecule has 0 saturated carbocycles. The SMILES string of the molecule is CCCCN1C(=O)c2ccc(Br)cc2S1(=O)=O. The first kappa shape index (κ1) is 12.6. The first-order valence-corrected chi connectivity index (χ1v) is 7.58. The van der Waals surface area contributed by atoms with Gasteiger partial charge in [-0.3, -0.25) is 4.79 Å². The summed E-state index contributed by atoms with van der Waals surface area (Å²) in [4.78, 5) is 12.1. The molecule has 1 heterocycles. The maximum Gasteiger partial charge on any atom is 0.269 e. The van der Waals surface area contributed by atoms with Crippen molar-refractivity contribution >= 4 is 31.9 Å². The zero-order chi connectivity index (χ0) is 12.6. The molecule has 0 atom stereocenters. The summed E-state index contributed by atoms with van der Waals surface area (Å²) in [5.74, 6) is -0.416. The highest BCUT2D eigenvalue weighted by atomic mass is 79.9. The van der Waals surface area contributed by atoms with E-state index in [0.29, 0.717) is 10.9 Å². The maximum atomic E-state index is 12.1. The van der Waals surface area contributed by atoms with Crippen molar-refractivity contribution in [1.29, 1.82) is 0 Å². The van der Waals surface area contributed by atoms with Crippen LogP contribution in [0.15, 0.2) is 27.6 Å². The van der Waals surface area contributed by atoms with E-state index in [1.807, 2.05) is 6.92 Å². The van der Waals surface area contributed by atoms with Crippen molar-refractivity contribution in [3.63, 3.8) is 0 Å². The molecule has 6 heteroatoms. The van der Waals surface area contributed by atoms with Crippen LogP contribution in [0.4, 0.5) is 0 Å². The summed E-state index contributed by atoms with van der Waals surface area (Å²) in [6.07, 6.45) is 1.53. The van der Waals surface area contributed by atoms with Gasteiger partial charge in [0.1, 0.15) is 4.90 Å². The van der Waals surface area contributed by atoms with Crippen molar-refractivity contribution in [1.82, 2.24) is 4.31 Å². The molecule has 0 fully saturated rings. The van der Waals surface area contributed by atoms with Gasteiger partial charge in [-0.05, 0) is 24.6 Å². The first-order chi connectivity index (χ1) is 7.98. The Balaban J connectivity index is 2.49. The van der Waals surface area contributed by atoms with Crippen LogP contribution in [0, 0.1) is 0 Å². The zero-order valence-electron chi connectivity index (χ0n) is 9.31. The highest BCUT2D eigenvalue weighted by Gasteiger charge is 2.40. The average Bonchev–Trinajstić information content (AvgIpc) is 2.45. The lowest BCUT2D eigenvalue weighted by Crippen LogP contribution is -2.30. The normalized spacial score (nSPS) is 17.3. The van der Waals surface area contributed by atoms with Crippen molar-refractivity contribution in [3.8, 4) is 0 Å². The fourth-order valence-corrected chi connectivity index (χ4v) is 3.92. The Hall–Kier alpha value is -0.880. The summed E-state index contributed by atoms with van der Waals surface area (Å²) >= 11 is 3.21. The smallest absolute Gasteiger partial charge is 0.268 e. The highest BCUT2D eigenvalue weighted by molar-refractivity contribution is 9.10. The molecule has 0 aromatic heterocycles. The highest BCUT2D eigenvalue weighted by Crippen LogP contribution is 2.32. The molecule has 0 N–H and O–H groups in total. The minimum absolute atomic E-state index is 0.105. The second-order valence-corrected chi connectivity index (χ2v) is 6.62. The fourth-order valence-electron chi connectivity index (χ4n) is 1.77. The number of hydrogen-bond donors (Lipinski definition) is 0. The number of carbonyl (C=O) groups is 1. The van der Waals surface area contributed by atoms with Crippen LogP contribution in [0.2, 0.25) is 0 Å². The lowest BCUT2D eigenvalue weighted by atomic mass is 10.2. The van der Waals surface area contributed by atoms with E-state index in [-0.39, 0.29) is 17.0 Å². The number of carbonyl (C=O) groups excluding carboxylic acids is 1. The summed E-state index contributed by atoms with van der Waals surface area (Å²) in [7, 11) is -3.64. The van der Waals surface area contributed by atoms with Crippen LogP contribution in [-0.2, 0) is 10.0 Å². The third-order valence-electron chi connectivity index (χ3n) is 2.68. The molecule has 1 aromatic rings. The Morgan fingerprint density at radius 1 is 1.35 bits per heavy atom. The van der Waals surface area contributed by atoms with Gasteiger partial charge < -0.3 is 0 Å². The topological polar surface area (TPSA) is 54.5 Å². The van der Waals surface area contributed by atoms with E-state index < -0.39 is 15.9 Å². The van der Waals surface area contributed by atoms with Crippen LogP contribution in [0.1, 0.15) is 30.1 Å². The average molecular weight is 318 g/mol. The maximum absolute atomic E-state index is 12.1. The number of benzene rings is 1. The van der Waals surface area contributed by atoms with E-state index in [1.54, 1.807) is 12.1 Å². The molecule has 0 bridgehead atoms. The minimum atomic E-state index is -3.64. The standard InChI is InChI=1S/C11H12BrNO3S/c1-2-3-6-13-11(14)9-5-4-8(12)7-10(9)17(13,15)16/h4-5,7H,2-3,6H2,1H3. The molecule has 92 valence electrons. The van der Waals surface area contributed by atoms with Crippen LogP contribution in [0.25, 0.3) is 0 Å². The molecule has 0 radical (unpaired) electrons. The lowest BCUT2D eigenvalue weighted by molar-refractivity contribution is 0.0870. The second-order valence-electron chi connectivity index (χ2n) is 3.88. The van der Waals surface area contributed by atoms with Crippen molar-refractivity contribution in [2.45, 2.75) is 24.7 Å². The molecule has 2 rings (SSSR count). The summed E-state index contributed by atoms with van der Waals surface area (Å²) in [5.41, 5.74) is 0.268. The van der Waals surface area contributed by atoms with Gasteiger partial charge in [-0.2, -0.15) is 0 Å². The van der Waals surface area contributed by atoms with Gasteiger partial charge >= 0.3 is 0 Å². The number of nitrogens with zero attached hydrogens (tertiary/aromatic N) is 1. The summed E-state index contributed by atoms with van der Waals surface area (Å²) < 4.78 is 25.9. The van der Waals surface area contributed by atoms with Gasteiger partial charge in [0.05, 0.1) is 5.56 Å². The van der Waals surface area contributed by atoms with Gasteiger partial charge in [-0.1, -0.05) is 29.3 Å². The van der Waals surface area contributed by atoms with Gasteiger partial charge in [0.15, 0.2) is 0 Å². The van der Waals surface area contributed by atoms with Gasteiger partial charge in [0.2, 0.25) is 0 Å². The van der Waals surface area contributed by atoms with Crippen molar-refractivity contribution in [3.05, 3.63) is 28.2 Å². The van der Waals surface area contributed by atoms with Gasteiger partial charge in [0.25, 0.3) is 15.9 Å². The monoisotopic (exact) mass is 317 g/mol. The Bertz CT molecular complexity index is 568. The van der Waals surface area contributed by atoms with Crippen LogP contribution < -0.4 is 0 Å². The Labute approximate surface area is 109 Å². The molecular weight excluding hydrogens is 306 g/mol.